The van der Waals surface area contributed by atoms with Crippen LogP contribution in [0, 0.1) is 5.82 Å². The number of anilines is 1. The van der Waals surface area contributed by atoms with E-state index in [0.717, 1.165) is 40.3 Å². The lowest BCUT2D eigenvalue weighted by Gasteiger charge is -2.08. The molecule has 0 bridgehead atoms. The number of nitrogens with zero attached hydrogens (tertiary/aromatic N) is 3. The van der Waals surface area contributed by atoms with Crippen LogP contribution in [0.25, 0.3) is 16.9 Å². The lowest BCUT2D eigenvalue weighted by atomic mass is 10.1. The van der Waals surface area contributed by atoms with E-state index in [4.69, 9.17) is 5.73 Å². The number of rotatable bonds is 7. The molecule has 2 aromatic carbocycles. The van der Waals surface area contributed by atoms with Crippen molar-refractivity contribution < 1.29 is 4.39 Å². The normalized spacial score (nSPS) is 11.1. The van der Waals surface area contributed by atoms with E-state index in [9.17, 15) is 4.39 Å². The number of aromatic nitrogens is 3. The molecule has 5 nitrogen and oxygen atoms in total. The van der Waals surface area contributed by atoms with Crippen molar-refractivity contribution in [3.8, 4) is 11.3 Å². The van der Waals surface area contributed by atoms with E-state index >= 15 is 0 Å². The van der Waals surface area contributed by atoms with Gasteiger partial charge in [-0.3, -0.25) is 0 Å². The number of hydrogen-bond donors (Lipinski definition) is 2. The van der Waals surface area contributed by atoms with Gasteiger partial charge in [-0.15, -0.1) is 5.10 Å². The minimum absolute atomic E-state index is 0.147. The Kier molecular flexibility index (Phi) is 5.30. The highest BCUT2D eigenvalue weighted by atomic mass is 19.1. The van der Waals surface area contributed by atoms with E-state index in [1.54, 1.807) is 6.07 Å². The van der Waals surface area contributed by atoms with Crippen molar-refractivity contribution in [2.75, 3.05) is 11.9 Å². The lowest BCUT2D eigenvalue weighted by molar-refractivity contribution is 0.606. The zero-order valence-electron chi connectivity index (χ0n) is 15.5. The summed E-state index contributed by atoms with van der Waals surface area (Å²) in [5.74, 6) is 0.615. The van der Waals surface area contributed by atoms with Gasteiger partial charge >= 0.3 is 0 Å². The third-order valence-corrected chi connectivity index (χ3v) is 4.73. The fourth-order valence-corrected chi connectivity index (χ4v) is 3.17. The number of imidazole rings is 1. The molecule has 0 spiro atoms. The van der Waals surface area contributed by atoms with Crippen LogP contribution >= 0.6 is 0 Å². The second kappa shape index (κ2) is 8.19. The quantitative estimate of drug-likeness (QED) is 0.479. The first-order chi connectivity index (χ1) is 13.7. The fourth-order valence-electron chi connectivity index (χ4n) is 3.17. The molecule has 0 radical (unpaired) electrons. The molecule has 0 aliphatic rings. The molecule has 2 aromatic heterocycles. The SMILES string of the molecule is NCc1ccc(-c2cnc3ccc(NCCCc4ccccc4F)nn23)cc1. The van der Waals surface area contributed by atoms with Crippen molar-refractivity contribution in [3.63, 3.8) is 0 Å². The van der Waals surface area contributed by atoms with E-state index in [1.807, 2.05) is 59.2 Å². The Hall–Kier alpha value is -3.25. The van der Waals surface area contributed by atoms with Crippen molar-refractivity contribution in [2.45, 2.75) is 19.4 Å². The smallest absolute Gasteiger partial charge is 0.154 e. The monoisotopic (exact) mass is 375 g/mol. The van der Waals surface area contributed by atoms with Crippen LogP contribution in [-0.2, 0) is 13.0 Å². The Balaban J connectivity index is 1.45. The standard InChI is InChI=1S/C22H22FN5/c23-19-6-2-1-4-17(19)5-3-13-25-21-11-12-22-26-15-20(28(22)27-21)18-9-7-16(14-24)8-10-18/h1-2,4,6-12,15H,3,5,13-14,24H2,(H,25,27). The number of hydrogen-bond acceptors (Lipinski definition) is 4. The fraction of sp³-hybridized carbons (Fsp3) is 0.182. The van der Waals surface area contributed by atoms with Crippen LogP contribution in [-0.4, -0.2) is 21.1 Å². The number of benzene rings is 2. The Morgan fingerprint density at radius 3 is 2.61 bits per heavy atom. The molecule has 0 aliphatic heterocycles. The molecular weight excluding hydrogens is 353 g/mol. The molecule has 2 heterocycles. The maximum absolute atomic E-state index is 13.7. The highest BCUT2D eigenvalue weighted by molar-refractivity contribution is 5.63. The molecule has 0 unspecified atom stereocenters. The third-order valence-electron chi connectivity index (χ3n) is 4.73. The molecule has 0 saturated heterocycles. The number of halogens is 1. The van der Waals surface area contributed by atoms with Gasteiger partial charge in [-0.1, -0.05) is 42.5 Å². The van der Waals surface area contributed by atoms with Gasteiger partial charge < -0.3 is 11.1 Å². The molecular formula is C22H22FN5. The van der Waals surface area contributed by atoms with Crippen LogP contribution in [0.4, 0.5) is 10.2 Å². The van der Waals surface area contributed by atoms with Gasteiger partial charge in [0.2, 0.25) is 0 Å². The molecule has 28 heavy (non-hydrogen) atoms. The Labute approximate surface area is 163 Å². The number of aryl methyl sites for hydroxylation is 1. The molecule has 0 aliphatic carbocycles. The summed E-state index contributed by atoms with van der Waals surface area (Å²) in [7, 11) is 0. The van der Waals surface area contributed by atoms with Gasteiger partial charge in [-0.2, -0.15) is 0 Å². The number of nitrogens with one attached hydrogen (secondary N) is 1. The molecule has 6 heteroatoms. The Bertz CT molecular complexity index is 1070. The van der Waals surface area contributed by atoms with Crippen molar-refractivity contribution in [1.29, 1.82) is 0 Å². The lowest BCUT2D eigenvalue weighted by Crippen LogP contribution is -2.07. The largest absolute Gasteiger partial charge is 0.369 e. The summed E-state index contributed by atoms with van der Waals surface area (Å²) in [5, 5.41) is 7.98. The molecule has 4 rings (SSSR count). The van der Waals surface area contributed by atoms with Crippen molar-refractivity contribution in [1.82, 2.24) is 14.6 Å². The van der Waals surface area contributed by atoms with Crippen molar-refractivity contribution >= 4 is 11.5 Å². The summed E-state index contributed by atoms with van der Waals surface area (Å²) in [6.45, 7) is 1.23. The van der Waals surface area contributed by atoms with E-state index in [-0.39, 0.29) is 5.82 Å². The third kappa shape index (κ3) is 3.87. The molecule has 0 atom stereocenters. The van der Waals surface area contributed by atoms with Gasteiger partial charge in [0.1, 0.15) is 11.6 Å². The topological polar surface area (TPSA) is 68.2 Å². The van der Waals surface area contributed by atoms with Crippen LogP contribution < -0.4 is 11.1 Å². The van der Waals surface area contributed by atoms with Gasteiger partial charge in [0.25, 0.3) is 0 Å². The van der Waals surface area contributed by atoms with Gasteiger partial charge in [-0.25, -0.2) is 13.9 Å². The van der Waals surface area contributed by atoms with Gasteiger partial charge in [-0.05, 0) is 42.2 Å². The molecule has 4 aromatic rings. The molecule has 3 N–H and O–H groups in total. The summed E-state index contributed by atoms with van der Waals surface area (Å²) in [4.78, 5) is 4.43. The van der Waals surface area contributed by atoms with Gasteiger partial charge in [0.15, 0.2) is 5.65 Å². The highest BCUT2D eigenvalue weighted by Gasteiger charge is 2.08. The van der Waals surface area contributed by atoms with Gasteiger partial charge in [0, 0.05) is 18.7 Å². The van der Waals surface area contributed by atoms with Crippen LogP contribution in [0.5, 0.6) is 0 Å². The van der Waals surface area contributed by atoms with E-state index < -0.39 is 0 Å². The van der Waals surface area contributed by atoms with Crippen LogP contribution in [0.3, 0.4) is 0 Å². The number of fused-ring (bicyclic) bond motifs is 1. The number of nitrogens with two attached hydrogens (primary N) is 1. The average molecular weight is 375 g/mol. The van der Waals surface area contributed by atoms with Crippen LogP contribution in [0.1, 0.15) is 17.5 Å². The van der Waals surface area contributed by atoms with E-state index in [2.05, 4.69) is 15.4 Å². The summed E-state index contributed by atoms with van der Waals surface area (Å²) in [6.07, 6.45) is 3.32. The van der Waals surface area contributed by atoms with E-state index in [0.29, 0.717) is 19.5 Å². The maximum atomic E-state index is 13.7. The van der Waals surface area contributed by atoms with E-state index in [1.165, 1.54) is 6.07 Å². The summed E-state index contributed by atoms with van der Waals surface area (Å²) >= 11 is 0. The first kappa shape index (κ1) is 18.1. The zero-order valence-corrected chi connectivity index (χ0v) is 15.5. The van der Waals surface area contributed by atoms with Crippen molar-refractivity contribution in [3.05, 3.63) is 83.8 Å². The van der Waals surface area contributed by atoms with Gasteiger partial charge in [0.05, 0.1) is 11.9 Å². The first-order valence-corrected chi connectivity index (χ1v) is 9.36. The first-order valence-electron chi connectivity index (χ1n) is 9.36. The second-order valence-electron chi connectivity index (χ2n) is 6.65. The summed E-state index contributed by atoms with van der Waals surface area (Å²) < 4.78 is 15.5. The molecule has 0 fully saturated rings. The molecule has 0 amide bonds. The molecule has 142 valence electrons. The summed E-state index contributed by atoms with van der Waals surface area (Å²) in [5.41, 5.74) is 10.2. The minimum atomic E-state index is -0.147. The van der Waals surface area contributed by atoms with Crippen molar-refractivity contribution in [2.24, 2.45) is 5.73 Å². The Morgan fingerprint density at radius 1 is 1.00 bits per heavy atom. The molecule has 0 saturated carbocycles. The highest BCUT2D eigenvalue weighted by Crippen LogP contribution is 2.21. The second-order valence-corrected chi connectivity index (χ2v) is 6.65. The predicted molar refractivity (Wildman–Crippen MR) is 110 cm³/mol. The predicted octanol–water partition coefficient (Wildman–Crippen LogP) is 4.04. The summed E-state index contributed by atoms with van der Waals surface area (Å²) in [6, 6.07) is 18.8. The van der Waals surface area contributed by atoms with Crippen LogP contribution in [0.15, 0.2) is 66.9 Å². The maximum Gasteiger partial charge on any atom is 0.154 e. The Morgan fingerprint density at radius 2 is 1.82 bits per heavy atom. The minimum Gasteiger partial charge on any atom is -0.369 e. The average Bonchev–Trinajstić information content (AvgIpc) is 3.16. The zero-order chi connectivity index (χ0) is 19.3. The van der Waals surface area contributed by atoms with Crippen LogP contribution in [0.2, 0.25) is 0 Å².